The van der Waals surface area contributed by atoms with Crippen LogP contribution < -0.4 is 10.9 Å². The number of benzene rings is 1. The molecule has 8 heteroatoms. The summed E-state index contributed by atoms with van der Waals surface area (Å²) in [6, 6.07) is 7.90. The molecule has 2 fully saturated rings. The van der Waals surface area contributed by atoms with Crippen LogP contribution in [0.25, 0.3) is 0 Å². The molecule has 3 aliphatic rings. The van der Waals surface area contributed by atoms with E-state index >= 15 is 0 Å². The molecule has 2 aliphatic heterocycles. The van der Waals surface area contributed by atoms with E-state index in [1.807, 2.05) is 23.2 Å². The van der Waals surface area contributed by atoms with E-state index in [-0.39, 0.29) is 17.5 Å². The number of hydrogen-bond donors (Lipinski definition) is 1. The molecule has 2 atom stereocenters. The first-order chi connectivity index (χ1) is 16.4. The third-order valence-corrected chi connectivity index (χ3v) is 7.82. The van der Waals surface area contributed by atoms with Crippen molar-refractivity contribution in [1.82, 2.24) is 14.8 Å². The first-order valence-electron chi connectivity index (χ1n) is 12.0. The van der Waals surface area contributed by atoms with E-state index in [2.05, 4.69) is 11.4 Å². The van der Waals surface area contributed by atoms with E-state index in [4.69, 9.17) is 21.1 Å². The number of pyridine rings is 1. The molecular weight excluding hydrogens is 454 g/mol. The SMILES string of the molecule is COCCc1ccc(Cl)c(CN(C(=O)[C@H]2CNCC[C@@]23OCc2cn(C)c(=O)cc23)C2CC2)c1. The van der Waals surface area contributed by atoms with Gasteiger partial charge in [0.05, 0.1) is 19.1 Å². The molecule has 0 unspecified atom stereocenters. The minimum atomic E-state index is -0.762. The van der Waals surface area contributed by atoms with Crippen molar-refractivity contribution in [3.05, 3.63) is 68.1 Å². The van der Waals surface area contributed by atoms with E-state index in [1.54, 1.807) is 24.8 Å². The Labute approximate surface area is 205 Å². The van der Waals surface area contributed by atoms with Gasteiger partial charge in [0, 0.05) is 56.1 Å². The van der Waals surface area contributed by atoms with Crippen LogP contribution in [0.15, 0.2) is 35.3 Å². The minimum absolute atomic E-state index is 0.0709. The molecule has 1 aliphatic carbocycles. The fourth-order valence-corrected chi connectivity index (χ4v) is 5.58. The Morgan fingerprint density at radius 1 is 1.35 bits per heavy atom. The van der Waals surface area contributed by atoms with Crippen LogP contribution in [-0.4, -0.2) is 48.2 Å². The molecule has 0 bridgehead atoms. The average molecular weight is 486 g/mol. The van der Waals surface area contributed by atoms with Crippen LogP contribution in [0.2, 0.25) is 5.02 Å². The second-order valence-electron chi connectivity index (χ2n) is 9.71. The highest BCUT2D eigenvalue weighted by Crippen LogP contribution is 2.47. The topological polar surface area (TPSA) is 72.8 Å². The highest BCUT2D eigenvalue weighted by Gasteiger charge is 2.53. The Morgan fingerprint density at radius 2 is 2.18 bits per heavy atom. The van der Waals surface area contributed by atoms with Gasteiger partial charge < -0.3 is 24.3 Å². The predicted octanol–water partition coefficient (Wildman–Crippen LogP) is 2.75. The Bertz CT molecular complexity index is 1150. The molecule has 1 saturated heterocycles. The van der Waals surface area contributed by atoms with Gasteiger partial charge in [0.15, 0.2) is 0 Å². The Morgan fingerprint density at radius 3 is 2.94 bits per heavy atom. The van der Waals surface area contributed by atoms with Gasteiger partial charge in [0.1, 0.15) is 5.60 Å². The number of carbonyl (C=O) groups excluding carboxylic acids is 1. The molecule has 182 valence electrons. The smallest absolute Gasteiger partial charge is 0.250 e. The van der Waals surface area contributed by atoms with Gasteiger partial charge >= 0.3 is 0 Å². The van der Waals surface area contributed by atoms with Crippen LogP contribution in [0.3, 0.4) is 0 Å². The van der Waals surface area contributed by atoms with Gasteiger partial charge in [0.2, 0.25) is 5.91 Å². The summed E-state index contributed by atoms with van der Waals surface area (Å²) in [4.78, 5) is 28.6. The number of halogens is 1. The summed E-state index contributed by atoms with van der Waals surface area (Å²) in [7, 11) is 3.44. The quantitative estimate of drug-likeness (QED) is 0.653. The molecule has 1 saturated carbocycles. The summed E-state index contributed by atoms with van der Waals surface area (Å²) in [5.41, 5.74) is 3.13. The second-order valence-corrected chi connectivity index (χ2v) is 10.1. The number of hydrogen-bond acceptors (Lipinski definition) is 5. The van der Waals surface area contributed by atoms with Crippen molar-refractivity contribution in [1.29, 1.82) is 0 Å². The van der Waals surface area contributed by atoms with Crippen molar-refractivity contribution in [2.75, 3.05) is 26.8 Å². The number of carbonyl (C=O) groups is 1. The van der Waals surface area contributed by atoms with Gasteiger partial charge in [-0.15, -0.1) is 0 Å². The summed E-state index contributed by atoms with van der Waals surface area (Å²) in [5, 5.41) is 4.06. The van der Waals surface area contributed by atoms with Gasteiger partial charge in [-0.3, -0.25) is 9.59 Å². The summed E-state index contributed by atoms with van der Waals surface area (Å²) in [6.07, 6.45) is 5.30. The van der Waals surface area contributed by atoms with Crippen molar-refractivity contribution in [2.24, 2.45) is 13.0 Å². The van der Waals surface area contributed by atoms with Crippen LogP contribution in [0.4, 0.5) is 0 Å². The normalized spacial score (nSPS) is 23.8. The Hall–Kier alpha value is -2.19. The van der Waals surface area contributed by atoms with Gasteiger partial charge in [0.25, 0.3) is 5.56 Å². The number of piperidine rings is 1. The molecule has 1 N–H and O–H groups in total. The summed E-state index contributed by atoms with van der Waals surface area (Å²) < 4.78 is 13.2. The van der Waals surface area contributed by atoms with E-state index in [0.29, 0.717) is 37.7 Å². The van der Waals surface area contributed by atoms with Crippen molar-refractivity contribution in [3.63, 3.8) is 0 Å². The van der Waals surface area contributed by atoms with E-state index < -0.39 is 11.5 Å². The first kappa shape index (κ1) is 23.5. The molecule has 7 nitrogen and oxygen atoms in total. The lowest BCUT2D eigenvalue weighted by Gasteiger charge is -2.42. The highest BCUT2D eigenvalue weighted by atomic mass is 35.5. The zero-order valence-electron chi connectivity index (χ0n) is 19.8. The number of nitrogens with zero attached hydrogens (tertiary/aromatic N) is 2. The van der Waals surface area contributed by atoms with Crippen LogP contribution >= 0.6 is 11.6 Å². The fraction of sp³-hybridized carbons (Fsp3) is 0.538. The molecule has 2 aromatic rings. The number of rotatable bonds is 7. The molecule has 0 radical (unpaired) electrons. The number of amides is 1. The Balaban J connectivity index is 1.46. The van der Waals surface area contributed by atoms with Crippen molar-refractivity contribution in [2.45, 2.75) is 50.5 Å². The lowest BCUT2D eigenvalue weighted by atomic mass is 9.75. The third kappa shape index (κ3) is 4.31. The van der Waals surface area contributed by atoms with E-state index in [1.165, 1.54) is 0 Å². The van der Waals surface area contributed by atoms with Crippen molar-refractivity contribution < 1.29 is 14.3 Å². The number of aromatic nitrogens is 1. The summed E-state index contributed by atoms with van der Waals surface area (Å²) in [6.45, 7) is 2.80. The molecule has 5 rings (SSSR count). The molecule has 34 heavy (non-hydrogen) atoms. The maximum atomic E-state index is 14.1. The Kier molecular flexibility index (Phi) is 6.55. The van der Waals surface area contributed by atoms with Gasteiger partial charge in [-0.1, -0.05) is 23.7 Å². The van der Waals surface area contributed by atoms with E-state index in [0.717, 1.165) is 48.1 Å². The lowest BCUT2D eigenvalue weighted by molar-refractivity contribution is -0.157. The fourth-order valence-electron chi connectivity index (χ4n) is 5.40. The number of aryl methyl sites for hydroxylation is 1. The average Bonchev–Trinajstić information content (AvgIpc) is 3.63. The van der Waals surface area contributed by atoms with Gasteiger partial charge in [-0.25, -0.2) is 0 Å². The minimum Gasteiger partial charge on any atom is -0.384 e. The summed E-state index contributed by atoms with van der Waals surface area (Å²) >= 11 is 6.57. The first-order valence-corrected chi connectivity index (χ1v) is 12.4. The maximum absolute atomic E-state index is 14.1. The van der Waals surface area contributed by atoms with E-state index in [9.17, 15) is 9.59 Å². The number of nitrogens with one attached hydrogen (secondary N) is 1. The van der Waals surface area contributed by atoms with Crippen LogP contribution in [0.5, 0.6) is 0 Å². The molecule has 3 heterocycles. The van der Waals surface area contributed by atoms with Crippen LogP contribution in [0, 0.1) is 5.92 Å². The van der Waals surface area contributed by atoms with Crippen LogP contribution in [-0.2, 0) is 46.5 Å². The molecule has 1 aromatic carbocycles. The number of methoxy groups -OCH3 is 1. The second kappa shape index (κ2) is 9.46. The zero-order valence-corrected chi connectivity index (χ0v) is 20.6. The maximum Gasteiger partial charge on any atom is 0.250 e. The van der Waals surface area contributed by atoms with Crippen molar-refractivity contribution >= 4 is 17.5 Å². The zero-order chi connectivity index (χ0) is 23.9. The molecule has 1 aromatic heterocycles. The van der Waals surface area contributed by atoms with Crippen molar-refractivity contribution in [3.8, 4) is 0 Å². The number of fused-ring (bicyclic) bond motifs is 2. The lowest BCUT2D eigenvalue weighted by Crippen LogP contribution is -2.55. The third-order valence-electron chi connectivity index (χ3n) is 7.45. The molecular formula is C26H32ClN3O4. The van der Waals surface area contributed by atoms with Gasteiger partial charge in [-0.2, -0.15) is 0 Å². The predicted molar refractivity (Wildman–Crippen MR) is 130 cm³/mol. The molecule has 1 spiro atoms. The molecule has 1 amide bonds. The van der Waals surface area contributed by atoms with Gasteiger partial charge in [-0.05, 0) is 55.0 Å². The number of ether oxygens (including phenoxy) is 2. The van der Waals surface area contributed by atoms with Crippen LogP contribution in [0.1, 0.15) is 41.5 Å². The highest BCUT2D eigenvalue weighted by molar-refractivity contribution is 6.31. The standard InChI is InChI=1S/C26H32ClN3O4/c1-29-14-19-16-34-26(21(19)12-24(29)31)8-9-28-13-22(26)25(32)30(20-4-5-20)15-18-11-17(7-10-33-2)3-6-23(18)27/h3,6,11-12,14,20,22,28H,4-5,7-10,13,15-16H2,1-2H3/t22-,26+/m1/s1. The monoisotopic (exact) mass is 485 g/mol. The largest absolute Gasteiger partial charge is 0.384 e. The summed E-state index contributed by atoms with van der Waals surface area (Å²) in [5.74, 6) is -0.327.